The number of aromatic nitrogens is 2. The molecular weight excluding hydrogens is 381 g/mol. The number of hydrogen-bond acceptors (Lipinski definition) is 4. The number of carbonyl (C=O) groups is 1. The van der Waals surface area contributed by atoms with Crippen molar-refractivity contribution in [1.82, 2.24) is 15.3 Å². The monoisotopic (exact) mass is 400 g/mol. The molecule has 150 valence electrons. The van der Waals surface area contributed by atoms with Crippen LogP contribution >= 0.6 is 0 Å². The van der Waals surface area contributed by atoms with Crippen LogP contribution in [0.25, 0.3) is 10.9 Å². The normalized spacial score (nSPS) is 14.4. The number of rotatable bonds is 4. The molecule has 0 saturated carbocycles. The van der Waals surface area contributed by atoms with Crippen LogP contribution < -0.4 is 10.2 Å². The van der Waals surface area contributed by atoms with Crippen molar-refractivity contribution in [3.05, 3.63) is 65.5 Å². The van der Waals surface area contributed by atoms with Gasteiger partial charge in [-0.3, -0.25) is 4.79 Å². The highest BCUT2D eigenvalue weighted by molar-refractivity contribution is 6.00. The average Bonchev–Trinajstić information content (AvgIpc) is 3.25. The topological polar surface area (TPSA) is 58.1 Å². The van der Waals surface area contributed by atoms with Gasteiger partial charge in [0.1, 0.15) is 12.1 Å². The molecule has 0 unspecified atom stereocenters. The van der Waals surface area contributed by atoms with E-state index in [0.29, 0.717) is 5.56 Å². The minimum Gasteiger partial charge on any atom is -0.356 e. The molecule has 2 aromatic carbocycles. The highest BCUT2D eigenvalue weighted by atomic mass is 19.4. The van der Waals surface area contributed by atoms with Crippen LogP contribution in [0.1, 0.15) is 34.3 Å². The van der Waals surface area contributed by atoms with Gasteiger partial charge in [-0.15, -0.1) is 0 Å². The van der Waals surface area contributed by atoms with Gasteiger partial charge in [-0.05, 0) is 42.7 Å². The summed E-state index contributed by atoms with van der Waals surface area (Å²) in [7, 11) is 0. The van der Waals surface area contributed by atoms with Gasteiger partial charge in [0, 0.05) is 30.6 Å². The van der Waals surface area contributed by atoms with Crippen molar-refractivity contribution in [1.29, 1.82) is 0 Å². The molecule has 1 aliphatic heterocycles. The Balaban J connectivity index is 1.57. The second kappa shape index (κ2) is 7.69. The van der Waals surface area contributed by atoms with Gasteiger partial charge in [-0.25, -0.2) is 9.97 Å². The molecule has 1 amide bonds. The van der Waals surface area contributed by atoms with Gasteiger partial charge in [0.2, 0.25) is 0 Å². The van der Waals surface area contributed by atoms with Crippen LogP contribution in [0.15, 0.2) is 48.8 Å². The van der Waals surface area contributed by atoms with Crippen LogP contribution in [0.3, 0.4) is 0 Å². The van der Waals surface area contributed by atoms with Gasteiger partial charge in [0.15, 0.2) is 0 Å². The maximum atomic E-state index is 13.1. The summed E-state index contributed by atoms with van der Waals surface area (Å²) in [6.45, 7) is 1.59. The van der Waals surface area contributed by atoms with Crippen molar-refractivity contribution < 1.29 is 18.0 Å². The first kappa shape index (κ1) is 19.2. The molecule has 0 radical (unpaired) electrons. The van der Waals surface area contributed by atoms with Gasteiger partial charge in [0.05, 0.1) is 11.1 Å². The summed E-state index contributed by atoms with van der Waals surface area (Å²) >= 11 is 0. The van der Waals surface area contributed by atoms with E-state index in [2.05, 4.69) is 20.2 Å². The zero-order valence-corrected chi connectivity index (χ0v) is 15.5. The van der Waals surface area contributed by atoms with E-state index in [1.54, 1.807) is 18.2 Å². The lowest BCUT2D eigenvalue weighted by Crippen LogP contribution is -2.24. The number of amides is 1. The summed E-state index contributed by atoms with van der Waals surface area (Å²) in [6, 6.07) is 10.3. The third kappa shape index (κ3) is 4.01. The number of nitrogens with zero attached hydrogens (tertiary/aromatic N) is 3. The lowest BCUT2D eigenvalue weighted by Gasteiger charge is -2.18. The summed E-state index contributed by atoms with van der Waals surface area (Å²) in [5.41, 5.74) is 0.358. The average molecular weight is 400 g/mol. The van der Waals surface area contributed by atoms with Gasteiger partial charge >= 0.3 is 6.18 Å². The maximum absolute atomic E-state index is 13.1. The van der Waals surface area contributed by atoms with Gasteiger partial charge in [-0.1, -0.05) is 18.2 Å². The second-order valence-corrected chi connectivity index (χ2v) is 6.96. The first-order chi connectivity index (χ1) is 13.9. The number of benzene rings is 2. The second-order valence-electron chi connectivity index (χ2n) is 6.96. The fraction of sp³-hybridized carbons (Fsp3) is 0.286. The molecule has 1 saturated heterocycles. The van der Waals surface area contributed by atoms with Crippen molar-refractivity contribution >= 4 is 22.6 Å². The molecule has 5 nitrogen and oxygen atoms in total. The molecule has 1 aromatic heterocycles. The van der Waals surface area contributed by atoms with Crippen LogP contribution in [-0.2, 0) is 12.7 Å². The summed E-state index contributed by atoms with van der Waals surface area (Å²) in [6.07, 6.45) is -0.787. The van der Waals surface area contributed by atoms with E-state index in [9.17, 15) is 18.0 Å². The smallest absolute Gasteiger partial charge is 0.356 e. The zero-order chi connectivity index (χ0) is 20.4. The Bertz CT molecular complexity index is 1050. The lowest BCUT2D eigenvalue weighted by molar-refractivity contribution is -0.138. The third-order valence-corrected chi connectivity index (χ3v) is 5.04. The fourth-order valence-corrected chi connectivity index (χ4v) is 3.59. The number of alkyl halides is 3. The van der Waals surface area contributed by atoms with E-state index in [0.717, 1.165) is 48.7 Å². The number of hydrogen-bond donors (Lipinski definition) is 1. The minimum absolute atomic E-state index is 0.0234. The maximum Gasteiger partial charge on any atom is 0.416 e. The molecule has 0 bridgehead atoms. The summed E-state index contributed by atoms with van der Waals surface area (Å²) in [5.74, 6) is 0.338. The molecule has 29 heavy (non-hydrogen) atoms. The quantitative estimate of drug-likeness (QED) is 0.714. The van der Waals surface area contributed by atoms with Crippen LogP contribution in [0.2, 0.25) is 0 Å². The summed E-state index contributed by atoms with van der Waals surface area (Å²) < 4.78 is 39.4. The zero-order valence-electron chi connectivity index (χ0n) is 15.5. The Morgan fingerprint density at radius 2 is 1.83 bits per heavy atom. The van der Waals surface area contributed by atoms with Gasteiger partial charge in [-0.2, -0.15) is 13.2 Å². The minimum atomic E-state index is -4.47. The molecule has 1 fully saturated rings. The van der Waals surface area contributed by atoms with Crippen molar-refractivity contribution in [2.45, 2.75) is 25.6 Å². The van der Waals surface area contributed by atoms with E-state index in [1.807, 2.05) is 0 Å². The Hall–Kier alpha value is -3.16. The lowest BCUT2D eigenvalue weighted by atomic mass is 10.1. The molecule has 1 aliphatic rings. The third-order valence-electron chi connectivity index (χ3n) is 5.04. The molecule has 0 spiro atoms. The number of fused-ring (bicyclic) bond motifs is 1. The standard InChI is InChI=1S/C21H19F3N4O/c22-21(23,24)17-6-2-1-5-15(17)12-25-20(29)14-7-8-18-16(11-14)19(27-13-26-18)28-9-3-4-10-28/h1-2,5-8,11,13H,3-4,9-10,12H2,(H,25,29). The Labute approximate surface area is 165 Å². The van der Waals surface area contributed by atoms with E-state index in [-0.39, 0.29) is 12.1 Å². The first-order valence-corrected chi connectivity index (χ1v) is 9.36. The Morgan fingerprint density at radius 1 is 1.07 bits per heavy atom. The number of nitrogens with one attached hydrogen (secondary N) is 1. The van der Waals surface area contributed by atoms with Gasteiger partial charge in [0.25, 0.3) is 5.91 Å². The highest BCUT2D eigenvalue weighted by Gasteiger charge is 2.32. The van der Waals surface area contributed by atoms with Crippen LogP contribution in [0, 0.1) is 0 Å². The molecule has 8 heteroatoms. The van der Waals surface area contributed by atoms with Crippen LogP contribution in [-0.4, -0.2) is 29.0 Å². The highest BCUT2D eigenvalue weighted by Crippen LogP contribution is 2.32. The largest absolute Gasteiger partial charge is 0.416 e. The Morgan fingerprint density at radius 3 is 2.59 bits per heavy atom. The van der Waals surface area contributed by atoms with Gasteiger partial charge < -0.3 is 10.2 Å². The molecule has 4 rings (SSSR count). The predicted molar refractivity (Wildman–Crippen MR) is 104 cm³/mol. The molecule has 0 aliphatic carbocycles. The molecule has 2 heterocycles. The van der Waals surface area contributed by atoms with E-state index in [1.165, 1.54) is 24.5 Å². The number of halogens is 3. The summed E-state index contributed by atoms with van der Waals surface area (Å²) in [5, 5.41) is 3.35. The number of anilines is 1. The van der Waals surface area contributed by atoms with Crippen LogP contribution in [0.4, 0.5) is 19.0 Å². The van der Waals surface area contributed by atoms with E-state index < -0.39 is 17.6 Å². The van der Waals surface area contributed by atoms with Crippen molar-refractivity contribution in [3.63, 3.8) is 0 Å². The first-order valence-electron chi connectivity index (χ1n) is 9.36. The molecule has 0 atom stereocenters. The van der Waals surface area contributed by atoms with Crippen molar-refractivity contribution in [2.24, 2.45) is 0 Å². The summed E-state index contributed by atoms with van der Waals surface area (Å²) in [4.78, 5) is 23.4. The van der Waals surface area contributed by atoms with Crippen molar-refractivity contribution in [2.75, 3.05) is 18.0 Å². The molecule has 3 aromatic rings. The van der Waals surface area contributed by atoms with E-state index >= 15 is 0 Å². The van der Waals surface area contributed by atoms with Crippen LogP contribution in [0.5, 0.6) is 0 Å². The fourth-order valence-electron chi connectivity index (χ4n) is 3.59. The number of carbonyl (C=O) groups excluding carboxylic acids is 1. The SMILES string of the molecule is O=C(NCc1ccccc1C(F)(F)F)c1ccc2ncnc(N3CCCC3)c2c1. The molecule has 1 N–H and O–H groups in total. The van der Waals surface area contributed by atoms with E-state index in [4.69, 9.17) is 0 Å². The predicted octanol–water partition coefficient (Wildman–Crippen LogP) is 4.18. The Kier molecular flexibility index (Phi) is 5.08. The molecular formula is C21H19F3N4O. The van der Waals surface area contributed by atoms with Crippen molar-refractivity contribution in [3.8, 4) is 0 Å².